The predicted octanol–water partition coefficient (Wildman–Crippen LogP) is 4.92. The molecule has 7 heteroatoms. The molecule has 1 atom stereocenters. The van der Waals surface area contributed by atoms with E-state index in [1.54, 1.807) is 12.1 Å². The first kappa shape index (κ1) is 19.4. The Morgan fingerprint density at radius 1 is 1.00 bits per heavy atom. The van der Waals surface area contributed by atoms with Crippen molar-refractivity contribution in [2.75, 3.05) is 12.4 Å². The Morgan fingerprint density at radius 2 is 1.73 bits per heavy atom. The van der Waals surface area contributed by atoms with Crippen molar-refractivity contribution < 1.29 is 27.9 Å². The topological polar surface area (TPSA) is 77.8 Å². The van der Waals surface area contributed by atoms with Crippen LogP contribution in [0.4, 0.5) is 10.1 Å². The fourth-order valence-electron chi connectivity index (χ4n) is 3.16. The van der Waals surface area contributed by atoms with Gasteiger partial charge in [0.2, 0.25) is 0 Å². The number of rotatable bonds is 5. The largest absolute Gasteiger partial charge is 0.495 e. The third-order valence-corrected chi connectivity index (χ3v) is 4.70. The normalized spacial score (nSPS) is 12.0. The van der Waals surface area contributed by atoms with Crippen LogP contribution in [0.15, 0.2) is 65.1 Å². The van der Waals surface area contributed by atoms with Gasteiger partial charge in [0.1, 0.15) is 22.7 Å². The van der Waals surface area contributed by atoms with Gasteiger partial charge >= 0.3 is 5.97 Å². The molecule has 0 saturated heterocycles. The molecule has 0 saturated carbocycles. The van der Waals surface area contributed by atoms with Crippen molar-refractivity contribution in [3.05, 3.63) is 72.0 Å². The molecule has 3 aromatic carbocycles. The van der Waals surface area contributed by atoms with Crippen LogP contribution in [0, 0.1) is 5.82 Å². The molecule has 30 heavy (non-hydrogen) atoms. The molecule has 4 aromatic rings. The van der Waals surface area contributed by atoms with Gasteiger partial charge in [-0.15, -0.1) is 0 Å². The molecule has 0 aliphatic carbocycles. The van der Waals surface area contributed by atoms with Crippen LogP contribution in [0.1, 0.15) is 17.3 Å². The zero-order valence-corrected chi connectivity index (χ0v) is 16.3. The Labute approximate surface area is 171 Å². The highest BCUT2D eigenvalue weighted by molar-refractivity contribution is 6.08. The highest BCUT2D eigenvalue weighted by Crippen LogP contribution is 2.36. The Morgan fingerprint density at radius 3 is 2.50 bits per heavy atom. The summed E-state index contributed by atoms with van der Waals surface area (Å²) in [6.45, 7) is 1.40. The number of methoxy groups -OCH3 is 1. The van der Waals surface area contributed by atoms with Gasteiger partial charge in [-0.3, -0.25) is 4.79 Å². The second-order valence-corrected chi connectivity index (χ2v) is 6.66. The van der Waals surface area contributed by atoms with Gasteiger partial charge in [-0.25, -0.2) is 9.18 Å². The fourth-order valence-corrected chi connectivity index (χ4v) is 3.16. The van der Waals surface area contributed by atoms with E-state index in [-0.39, 0.29) is 5.56 Å². The van der Waals surface area contributed by atoms with Crippen LogP contribution in [-0.4, -0.2) is 25.1 Å². The standard InChI is InChI=1S/C23H18FNO5/c1-13(29-23(27)15-8-3-5-9-17(15)24)22(26)25-18-12-20-16(11-21(18)28-2)14-7-4-6-10-19(14)30-20/h3-13H,1-2H3,(H,25,26). The van der Waals surface area contributed by atoms with Crippen molar-refractivity contribution >= 4 is 39.5 Å². The van der Waals surface area contributed by atoms with Crippen molar-refractivity contribution in [1.29, 1.82) is 0 Å². The van der Waals surface area contributed by atoms with Crippen molar-refractivity contribution in [1.82, 2.24) is 0 Å². The highest BCUT2D eigenvalue weighted by Gasteiger charge is 2.22. The van der Waals surface area contributed by atoms with Crippen LogP contribution in [0.2, 0.25) is 0 Å². The summed E-state index contributed by atoms with van der Waals surface area (Å²) in [7, 11) is 1.49. The first-order valence-corrected chi connectivity index (χ1v) is 9.23. The Kier molecular flexibility index (Phi) is 5.10. The van der Waals surface area contributed by atoms with Gasteiger partial charge in [-0.2, -0.15) is 0 Å². The first-order chi connectivity index (χ1) is 14.5. The first-order valence-electron chi connectivity index (χ1n) is 9.23. The fraction of sp³-hybridized carbons (Fsp3) is 0.130. The smallest absolute Gasteiger partial charge is 0.341 e. The van der Waals surface area contributed by atoms with Crippen molar-refractivity contribution in [3.8, 4) is 5.75 Å². The lowest BCUT2D eigenvalue weighted by Gasteiger charge is -2.15. The number of carbonyl (C=O) groups excluding carboxylic acids is 2. The molecule has 1 amide bonds. The number of benzene rings is 3. The summed E-state index contributed by atoms with van der Waals surface area (Å²) in [6, 6.07) is 16.4. The molecule has 1 heterocycles. The molecule has 0 fully saturated rings. The number of anilines is 1. The molecular formula is C23H18FNO5. The second kappa shape index (κ2) is 7.87. The highest BCUT2D eigenvalue weighted by atomic mass is 19.1. The Balaban J connectivity index is 1.56. The maximum atomic E-state index is 13.7. The molecule has 4 rings (SSSR count). The number of hydrogen-bond donors (Lipinski definition) is 1. The van der Waals surface area contributed by atoms with Crippen LogP contribution in [0.3, 0.4) is 0 Å². The maximum absolute atomic E-state index is 13.7. The number of nitrogens with one attached hydrogen (secondary N) is 1. The average molecular weight is 407 g/mol. The molecule has 0 aliphatic heterocycles. The quantitative estimate of drug-likeness (QED) is 0.475. The molecule has 6 nitrogen and oxygen atoms in total. The lowest BCUT2D eigenvalue weighted by atomic mass is 10.1. The SMILES string of the molecule is COc1cc2c(cc1NC(=O)C(C)OC(=O)c1ccccc1F)oc1ccccc12. The molecule has 0 bridgehead atoms. The number of esters is 1. The molecule has 1 aromatic heterocycles. The zero-order chi connectivity index (χ0) is 21.3. The van der Waals surface area contributed by atoms with Crippen LogP contribution < -0.4 is 10.1 Å². The van der Waals surface area contributed by atoms with Crippen LogP contribution in [-0.2, 0) is 9.53 Å². The summed E-state index contributed by atoms with van der Waals surface area (Å²) in [6.07, 6.45) is -1.16. The number of para-hydroxylation sites is 1. The minimum atomic E-state index is -1.16. The number of halogens is 1. The van der Waals surface area contributed by atoms with Gasteiger partial charge in [0.25, 0.3) is 5.91 Å². The van der Waals surface area contributed by atoms with Crippen molar-refractivity contribution in [2.45, 2.75) is 13.0 Å². The molecule has 0 spiro atoms. The van der Waals surface area contributed by atoms with E-state index in [0.29, 0.717) is 22.6 Å². The third-order valence-electron chi connectivity index (χ3n) is 4.70. The summed E-state index contributed by atoms with van der Waals surface area (Å²) >= 11 is 0. The van der Waals surface area contributed by atoms with Crippen LogP contribution in [0.5, 0.6) is 5.75 Å². The van der Waals surface area contributed by atoms with Crippen LogP contribution in [0.25, 0.3) is 21.9 Å². The van der Waals surface area contributed by atoms with Gasteiger partial charge in [0.15, 0.2) is 6.10 Å². The van der Waals surface area contributed by atoms with Crippen LogP contribution >= 0.6 is 0 Å². The van der Waals surface area contributed by atoms with Gasteiger partial charge in [-0.05, 0) is 31.2 Å². The summed E-state index contributed by atoms with van der Waals surface area (Å²) in [4.78, 5) is 24.7. The molecule has 0 radical (unpaired) electrons. The maximum Gasteiger partial charge on any atom is 0.341 e. The van der Waals surface area contributed by atoms with E-state index in [4.69, 9.17) is 13.9 Å². The number of amides is 1. The second-order valence-electron chi connectivity index (χ2n) is 6.66. The lowest BCUT2D eigenvalue weighted by molar-refractivity contribution is -0.123. The lowest BCUT2D eigenvalue weighted by Crippen LogP contribution is -2.30. The molecule has 1 N–H and O–H groups in total. The van der Waals surface area contributed by atoms with E-state index in [9.17, 15) is 14.0 Å². The van der Waals surface area contributed by atoms with Crippen molar-refractivity contribution in [2.24, 2.45) is 0 Å². The van der Waals surface area contributed by atoms with Gasteiger partial charge in [0.05, 0.1) is 18.4 Å². The molecule has 152 valence electrons. The number of carbonyl (C=O) groups is 2. The number of ether oxygens (including phenoxy) is 2. The predicted molar refractivity (Wildman–Crippen MR) is 110 cm³/mol. The van der Waals surface area contributed by atoms with E-state index in [0.717, 1.165) is 16.8 Å². The van der Waals surface area contributed by atoms with Crippen molar-refractivity contribution in [3.63, 3.8) is 0 Å². The molecule has 1 unspecified atom stereocenters. The zero-order valence-electron chi connectivity index (χ0n) is 16.3. The van der Waals surface area contributed by atoms with E-state index in [2.05, 4.69) is 5.32 Å². The van der Waals surface area contributed by atoms with E-state index in [1.165, 1.54) is 32.2 Å². The Hall–Kier alpha value is -3.87. The average Bonchev–Trinajstić information content (AvgIpc) is 3.10. The minimum Gasteiger partial charge on any atom is -0.495 e. The number of hydrogen-bond acceptors (Lipinski definition) is 5. The number of fused-ring (bicyclic) bond motifs is 3. The van der Waals surface area contributed by atoms with E-state index >= 15 is 0 Å². The van der Waals surface area contributed by atoms with E-state index < -0.39 is 23.8 Å². The molecule has 0 aliphatic rings. The minimum absolute atomic E-state index is 0.238. The summed E-state index contributed by atoms with van der Waals surface area (Å²) in [5, 5.41) is 4.45. The van der Waals surface area contributed by atoms with Gasteiger partial charge < -0.3 is 19.2 Å². The summed E-state index contributed by atoms with van der Waals surface area (Å²) in [5.74, 6) is -1.80. The number of furan rings is 1. The Bertz CT molecular complexity index is 1260. The van der Waals surface area contributed by atoms with Gasteiger partial charge in [-0.1, -0.05) is 30.3 Å². The van der Waals surface area contributed by atoms with E-state index in [1.807, 2.05) is 24.3 Å². The van der Waals surface area contributed by atoms with Gasteiger partial charge in [0, 0.05) is 16.8 Å². The summed E-state index contributed by atoms with van der Waals surface area (Å²) in [5.41, 5.74) is 1.41. The molecular weight excluding hydrogens is 389 g/mol. The monoisotopic (exact) mass is 407 g/mol. The third kappa shape index (κ3) is 3.57. The summed E-state index contributed by atoms with van der Waals surface area (Å²) < 4.78 is 30.1.